The fourth-order valence-corrected chi connectivity index (χ4v) is 4.53. The molecule has 1 aromatic heterocycles. The number of nitrogens with one attached hydrogen (secondary N) is 1. The van der Waals surface area contributed by atoms with Gasteiger partial charge in [-0.3, -0.25) is 9.36 Å². The van der Waals surface area contributed by atoms with Gasteiger partial charge in [-0.05, 0) is 25.0 Å². The van der Waals surface area contributed by atoms with Crippen LogP contribution in [0.5, 0.6) is 0 Å². The zero-order valence-corrected chi connectivity index (χ0v) is 17.3. The Morgan fingerprint density at radius 2 is 1.59 bits per heavy atom. The Bertz CT molecular complexity index is 919. The van der Waals surface area contributed by atoms with Gasteiger partial charge in [0, 0.05) is 17.3 Å². The molecule has 150 valence electrons. The quantitative estimate of drug-likeness (QED) is 0.469. The van der Waals surface area contributed by atoms with Crippen LogP contribution in [0.3, 0.4) is 0 Å². The number of aromatic nitrogens is 3. The van der Waals surface area contributed by atoms with Crippen LogP contribution in [0.4, 0.5) is 0 Å². The van der Waals surface area contributed by atoms with E-state index in [0.29, 0.717) is 11.8 Å². The van der Waals surface area contributed by atoms with Gasteiger partial charge in [-0.15, -0.1) is 10.2 Å². The van der Waals surface area contributed by atoms with E-state index in [1.54, 1.807) is 0 Å². The second-order valence-corrected chi connectivity index (χ2v) is 8.33. The molecule has 1 aliphatic rings. The van der Waals surface area contributed by atoms with Crippen molar-refractivity contribution in [2.75, 3.05) is 5.75 Å². The van der Waals surface area contributed by atoms with Gasteiger partial charge in [0.15, 0.2) is 11.0 Å². The molecule has 1 N–H and O–H groups in total. The van der Waals surface area contributed by atoms with E-state index in [2.05, 4.69) is 15.5 Å². The van der Waals surface area contributed by atoms with E-state index in [1.165, 1.54) is 37.4 Å². The molecule has 2 aromatic carbocycles. The molecule has 0 bridgehead atoms. The predicted octanol–water partition coefficient (Wildman–Crippen LogP) is 4.87. The molecule has 29 heavy (non-hydrogen) atoms. The van der Waals surface area contributed by atoms with Crippen molar-refractivity contribution in [2.45, 2.75) is 49.7 Å². The van der Waals surface area contributed by atoms with Gasteiger partial charge >= 0.3 is 0 Å². The van der Waals surface area contributed by atoms with Gasteiger partial charge in [0.25, 0.3) is 0 Å². The van der Waals surface area contributed by atoms with Crippen LogP contribution in [0, 0.1) is 0 Å². The van der Waals surface area contributed by atoms with Crippen molar-refractivity contribution in [1.29, 1.82) is 0 Å². The van der Waals surface area contributed by atoms with E-state index in [0.717, 1.165) is 35.1 Å². The minimum absolute atomic E-state index is 0.0748. The third kappa shape index (κ3) is 5.07. The highest BCUT2D eigenvalue weighted by molar-refractivity contribution is 7.99. The number of hydrogen-bond acceptors (Lipinski definition) is 4. The summed E-state index contributed by atoms with van der Waals surface area (Å²) < 4.78 is 2.03. The van der Waals surface area contributed by atoms with Crippen molar-refractivity contribution in [3.05, 3.63) is 60.7 Å². The highest BCUT2D eigenvalue weighted by Gasteiger charge is 2.19. The maximum Gasteiger partial charge on any atom is 0.230 e. The molecule has 0 saturated heterocycles. The Hall–Kier alpha value is -2.60. The van der Waals surface area contributed by atoms with Gasteiger partial charge < -0.3 is 5.32 Å². The van der Waals surface area contributed by atoms with E-state index in [4.69, 9.17) is 0 Å². The third-order valence-corrected chi connectivity index (χ3v) is 6.16. The number of hydrogen-bond donors (Lipinski definition) is 1. The fourth-order valence-electron chi connectivity index (χ4n) is 3.77. The fraction of sp³-hybridized carbons (Fsp3) is 0.348. The molecule has 1 fully saturated rings. The van der Waals surface area contributed by atoms with Crippen LogP contribution in [0.1, 0.15) is 38.5 Å². The lowest BCUT2D eigenvalue weighted by Crippen LogP contribution is -2.35. The van der Waals surface area contributed by atoms with Crippen molar-refractivity contribution in [2.24, 2.45) is 0 Å². The predicted molar refractivity (Wildman–Crippen MR) is 117 cm³/mol. The second-order valence-electron chi connectivity index (χ2n) is 7.39. The summed E-state index contributed by atoms with van der Waals surface area (Å²) in [6.45, 7) is 0. The summed E-state index contributed by atoms with van der Waals surface area (Å²) in [5.41, 5.74) is 1.99. The summed E-state index contributed by atoms with van der Waals surface area (Å²) in [6, 6.07) is 20.4. The van der Waals surface area contributed by atoms with E-state index in [-0.39, 0.29) is 5.91 Å². The molecule has 1 saturated carbocycles. The number of carbonyl (C=O) groups is 1. The molecule has 0 radical (unpaired) electrons. The monoisotopic (exact) mass is 406 g/mol. The van der Waals surface area contributed by atoms with E-state index >= 15 is 0 Å². The Morgan fingerprint density at radius 1 is 0.931 bits per heavy atom. The van der Waals surface area contributed by atoms with Gasteiger partial charge in [-0.1, -0.05) is 86.0 Å². The average molecular weight is 407 g/mol. The van der Waals surface area contributed by atoms with Crippen molar-refractivity contribution in [3.8, 4) is 17.1 Å². The maximum absolute atomic E-state index is 12.5. The minimum Gasteiger partial charge on any atom is -0.353 e. The van der Waals surface area contributed by atoms with Gasteiger partial charge in [0.05, 0.1) is 5.75 Å². The molecule has 1 heterocycles. The van der Waals surface area contributed by atoms with Crippen LogP contribution in [0.25, 0.3) is 17.1 Å². The van der Waals surface area contributed by atoms with Crippen molar-refractivity contribution in [1.82, 2.24) is 20.1 Å². The van der Waals surface area contributed by atoms with E-state index in [1.807, 2.05) is 65.2 Å². The summed E-state index contributed by atoms with van der Waals surface area (Å²) in [4.78, 5) is 12.5. The first-order valence-electron chi connectivity index (χ1n) is 10.3. The summed E-state index contributed by atoms with van der Waals surface area (Å²) >= 11 is 1.44. The molecule has 0 spiro atoms. The van der Waals surface area contributed by atoms with Crippen LogP contribution in [-0.4, -0.2) is 32.5 Å². The van der Waals surface area contributed by atoms with Gasteiger partial charge in [0.1, 0.15) is 0 Å². The topological polar surface area (TPSA) is 59.8 Å². The lowest BCUT2D eigenvalue weighted by atomic mass is 10.1. The molecule has 3 aromatic rings. The number of para-hydroxylation sites is 1. The molecule has 5 nitrogen and oxygen atoms in total. The molecule has 0 aliphatic heterocycles. The van der Waals surface area contributed by atoms with Crippen molar-refractivity contribution in [3.63, 3.8) is 0 Å². The smallest absolute Gasteiger partial charge is 0.230 e. The van der Waals surface area contributed by atoms with E-state index < -0.39 is 0 Å². The maximum atomic E-state index is 12.5. The number of rotatable bonds is 6. The summed E-state index contributed by atoms with van der Waals surface area (Å²) in [5, 5.41) is 12.8. The Balaban J connectivity index is 1.51. The van der Waals surface area contributed by atoms with Crippen molar-refractivity contribution < 1.29 is 4.79 Å². The first-order valence-corrected chi connectivity index (χ1v) is 11.3. The molecular formula is C23H26N4OS. The van der Waals surface area contributed by atoms with Crippen LogP contribution >= 0.6 is 11.8 Å². The minimum atomic E-state index is 0.0748. The molecule has 0 unspecified atom stereocenters. The highest BCUT2D eigenvalue weighted by Crippen LogP contribution is 2.28. The Kier molecular flexibility index (Phi) is 6.62. The largest absolute Gasteiger partial charge is 0.353 e. The van der Waals surface area contributed by atoms with Crippen LogP contribution < -0.4 is 5.32 Å². The first kappa shape index (κ1) is 19.7. The number of carbonyl (C=O) groups excluding carboxylic acids is 1. The lowest BCUT2D eigenvalue weighted by Gasteiger charge is -2.16. The van der Waals surface area contributed by atoms with E-state index in [9.17, 15) is 4.79 Å². The average Bonchev–Trinajstić information content (AvgIpc) is 3.03. The normalized spacial score (nSPS) is 15.0. The van der Waals surface area contributed by atoms with Gasteiger partial charge in [-0.2, -0.15) is 0 Å². The number of amides is 1. The van der Waals surface area contributed by atoms with Crippen LogP contribution in [-0.2, 0) is 4.79 Å². The van der Waals surface area contributed by atoms with Crippen LogP contribution in [0.15, 0.2) is 65.8 Å². The molecule has 4 rings (SSSR count). The number of benzene rings is 2. The molecule has 1 amide bonds. The lowest BCUT2D eigenvalue weighted by molar-refractivity contribution is -0.119. The molecule has 6 heteroatoms. The van der Waals surface area contributed by atoms with Gasteiger partial charge in [0.2, 0.25) is 5.91 Å². The number of thioether (sulfide) groups is 1. The zero-order chi connectivity index (χ0) is 19.9. The number of nitrogens with zero attached hydrogens (tertiary/aromatic N) is 3. The highest BCUT2D eigenvalue weighted by atomic mass is 32.2. The standard InChI is InChI=1S/C23H26N4OS/c28-21(24-19-13-7-1-2-8-14-19)17-29-23-26-25-22(18-11-5-3-6-12-18)27(23)20-15-9-4-10-16-20/h3-6,9-12,15-16,19H,1-2,7-8,13-14,17H2,(H,24,28). The summed E-state index contributed by atoms with van der Waals surface area (Å²) in [5.74, 6) is 1.20. The third-order valence-electron chi connectivity index (χ3n) is 5.23. The SMILES string of the molecule is O=C(CSc1nnc(-c2ccccc2)n1-c1ccccc1)NC1CCCCCC1. The molecular weight excluding hydrogens is 380 g/mol. The first-order chi connectivity index (χ1) is 14.3. The second kappa shape index (κ2) is 9.74. The van der Waals surface area contributed by atoms with Gasteiger partial charge in [-0.25, -0.2) is 0 Å². The molecule has 0 atom stereocenters. The zero-order valence-electron chi connectivity index (χ0n) is 16.5. The van der Waals surface area contributed by atoms with Crippen molar-refractivity contribution >= 4 is 17.7 Å². The summed E-state index contributed by atoms with van der Waals surface area (Å²) in [7, 11) is 0. The Morgan fingerprint density at radius 3 is 2.28 bits per heavy atom. The van der Waals surface area contributed by atoms with Crippen LogP contribution in [0.2, 0.25) is 0 Å². The Labute approximate surface area is 175 Å². The summed E-state index contributed by atoms with van der Waals surface area (Å²) in [6.07, 6.45) is 7.17. The molecule has 1 aliphatic carbocycles.